The third kappa shape index (κ3) is 2.65. The van der Waals surface area contributed by atoms with E-state index in [1.54, 1.807) is 6.92 Å². The van der Waals surface area contributed by atoms with E-state index < -0.39 is 0 Å². The average molecular weight is 283 g/mol. The van der Waals surface area contributed by atoms with Crippen LogP contribution in [0.25, 0.3) is 11.5 Å². The van der Waals surface area contributed by atoms with E-state index in [0.29, 0.717) is 18.3 Å². The monoisotopic (exact) mass is 283 g/mol. The van der Waals surface area contributed by atoms with Gasteiger partial charge in [-0.25, -0.2) is 0 Å². The first-order valence-electron chi connectivity index (χ1n) is 6.76. The second kappa shape index (κ2) is 5.40. The number of aryl methyl sites for hydroxylation is 2. The van der Waals surface area contributed by atoms with Crippen molar-refractivity contribution in [2.45, 2.75) is 20.4 Å². The summed E-state index contributed by atoms with van der Waals surface area (Å²) < 4.78 is 7.38. The van der Waals surface area contributed by atoms with Crippen LogP contribution in [0.4, 0.5) is 5.69 Å². The Kier molecular flexibility index (Phi) is 3.43. The Hall–Kier alpha value is -2.63. The highest BCUT2D eigenvalue weighted by molar-refractivity contribution is 5.72. The zero-order valence-corrected chi connectivity index (χ0v) is 12.3. The fourth-order valence-corrected chi connectivity index (χ4v) is 2.14. The molecule has 0 saturated carbocycles. The number of hydrogen-bond donors (Lipinski definition) is 1. The van der Waals surface area contributed by atoms with Gasteiger partial charge in [-0.3, -0.25) is 4.68 Å². The smallest absolute Gasteiger partial charge is 0.249 e. The lowest BCUT2D eigenvalue weighted by Crippen LogP contribution is -2.02. The summed E-state index contributed by atoms with van der Waals surface area (Å²) in [6.07, 6.45) is 1.88. The van der Waals surface area contributed by atoms with Crippen LogP contribution in [0.5, 0.6) is 0 Å². The van der Waals surface area contributed by atoms with Gasteiger partial charge in [-0.15, -0.1) is 10.2 Å². The summed E-state index contributed by atoms with van der Waals surface area (Å²) in [5, 5.41) is 15.6. The highest BCUT2D eigenvalue weighted by Crippen LogP contribution is 2.27. The quantitative estimate of drug-likeness (QED) is 0.797. The zero-order valence-electron chi connectivity index (χ0n) is 12.3. The van der Waals surface area contributed by atoms with Gasteiger partial charge in [0.25, 0.3) is 0 Å². The van der Waals surface area contributed by atoms with Crippen molar-refractivity contribution in [2.24, 2.45) is 7.05 Å². The molecule has 0 aliphatic rings. The number of nitrogens with zero attached hydrogens (tertiary/aromatic N) is 4. The third-order valence-electron chi connectivity index (χ3n) is 3.49. The van der Waals surface area contributed by atoms with Crippen LogP contribution in [0.3, 0.4) is 0 Å². The van der Waals surface area contributed by atoms with E-state index in [0.717, 1.165) is 22.5 Å². The van der Waals surface area contributed by atoms with Crippen LogP contribution in [0.1, 0.15) is 17.1 Å². The minimum Gasteiger partial charge on any atom is -0.421 e. The molecule has 0 aliphatic heterocycles. The van der Waals surface area contributed by atoms with E-state index in [2.05, 4.69) is 27.5 Å². The van der Waals surface area contributed by atoms with E-state index in [4.69, 9.17) is 4.42 Å². The van der Waals surface area contributed by atoms with Crippen molar-refractivity contribution in [2.75, 3.05) is 5.32 Å². The van der Waals surface area contributed by atoms with Gasteiger partial charge in [-0.1, -0.05) is 12.1 Å². The molecule has 21 heavy (non-hydrogen) atoms. The summed E-state index contributed by atoms with van der Waals surface area (Å²) in [5.41, 5.74) is 4.17. The van der Waals surface area contributed by atoms with Crippen molar-refractivity contribution < 1.29 is 4.42 Å². The summed E-state index contributed by atoms with van der Waals surface area (Å²) >= 11 is 0. The lowest BCUT2D eigenvalue weighted by Gasteiger charge is -2.09. The molecule has 3 aromatic rings. The molecule has 0 unspecified atom stereocenters. The van der Waals surface area contributed by atoms with Gasteiger partial charge in [0.1, 0.15) is 0 Å². The Morgan fingerprint density at radius 3 is 2.67 bits per heavy atom. The molecule has 0 atom stereocenters. The van der Waals surface area contributed by atoms with Gasteiger partial charge in [0.05, 0.1) is 11.8 Å². The summed E-state index contributed by atoms with van der Waals surface area (Å²) in [4.78, 5) is 0. The fourth-order valence-electron chi connectivity index (χ4n) is 2.14. The van der Waals surface area contributed by atoms with Gasteiger partial charge in [0, 0.05) is 37.5 Å². The molecule has 6 heteroatoms. The molecule has 0 aliphatic carbocycles. The fraction of sp³-hybridized carbons (Fsp3) is 0.267. The van der Waals surface area contributed by atoms with Crippen molar-refractivity contribution >= 4 is 5.69 Å². The van der Waals surface area contributed by atoms with Gasteiger partial charge in [-0.05, 0) is 19.1 Å². The van der Waals surface area contributed by atoms with Crippen LogP contribution < -0.4 is 5.32 Å². The Morgan fingerprint density at radius 2 is 2.00 bits per heavy atom. The van der Waals surface area contributed by atoms with Gasteiger partial charge < -0.3 is 9.73 Å². The third-order valence-corrected chi connectivity index (χ3v) is 3.49. The molecular weight excluding hydrogens is 266 g/mol. The van der Waals surface area contributed by atoms with Crippen molar-refractivity contribution in [1.82, 2.24) is 20.0 Å². The van der Waals surface area contributed by atoms with Gasteiger partial charge in [0.15, 0.2) is 0 Å². The van der Waals surface area contributed by atoms with E-state index in [9.17, 15) is 0 Å². The second-order valence-electron chi connectivity index (χ2n) is 4.90. The maximum absolute atomic E-state index is 5.51. The molecule has 0 radical (unpaired) electrons. The summed E-state index contributed by atoms with van der Waals surface area (Å²) in [5.74, 6) is 1.08. The maximum atomic E-state index is 5.51. The van der Waals surface area contributed by atoms with Crippen LogP contribution in [0.2, 0.25) is 0 Å². The molecule has 0 fully saturated rings. The van der Waals surface area contributed by atoms with Gasteiger partial charge in [0.2, 0.25) is 11.8 Å². The Bertz CT molecular complexity index is 759. The van der Waals surface area contributed by atoms with Crippen molar-refractivity contribution in [3.05, 3.63) is 47.6 Å². The van der Waals surface area contributed by atoms with E-state index >= 15 is 0 Å². The molecule has 0 spiro atoms. The number of rotatable bonds is 4. The lowest BCUT2D eigenvalue weighted by atomic mass is 10.1. The van der Waals surface area contributed by atoms with Crippen LogP contribution in [0, 0.1) is 13.8 Å². The summed E-state index contributed by atoms with van der Waals surface area (Å²) in [6.45, 7) is 4.53. The van der Waals surface area contributed by atoms with Crippen molar-refractivity contribution in [3.8, 4) is 11.5 Å². The van der Waals surface area contributed by atoms with Crippen molar-refractivity contribution in [1.29, 1.82) is 0 Å². The minimum absolute atomic E-state index is 0.526. The van der Waals surface area contributed by atoms with Gasteiger partial charge in [-0.2, -0.15) is 5.10 Å². The molecule has 6 nitrogen and oxygen atoms in total. The topological polar surface area (TPSA) is 68.8 Å². The predicted molar refractivity (Wildman–Crippen MR) is 79.7 cm³/mol. The molecule has 3 rings (SSSR count). The normalized spacial score (nSPS) is 10.8. The Balaban J connectivity index is 1.84. The number of anilines is 1. The SMILES string of the molecule is Cc1nnc(-c2ccccc2NCc2cnn(C)c2C)o1. The second-order valence-corrected chi connectivity index (χ2v) is 4.90. The first-order valence-corrected chi connectivity index (χ1v) is 6.76. The summed E-state index contributed by atoms with van der Waals surface area (Å²) in [7, 11) is 1.94. The molecule has 0 saturated heterocycles. The van der Waals surface area contributed by atoms with Crippen LogP contribution in [0.15, 0.2) is 34.9 Å². The Labute approximate surface area is 122 Å². The molecule has 1 aromatic carbocycles. The minimum atomic E-state index is 0.526. The lowest BCUT2D eigenvalue weighted by molar-refractivity contribution is 0.533. The first kappa shape index (κ1) is 13.4. The van der Waals surface area contributed by atoms with E-state index in [1.165, 1.54) is 0 Å². The average Bonchev–Trinajstić information content (AvgIpc) is 3.05. The molecule has 108 valence electrons. The molecule has 0 amide bonds. The number of hydrogen-bond acceptors (Lipinski definition) is 5. The van der Waals surface area contributed by atoms with Crippen molar-refractivity contribution in [3.63, 3.8) is 0 Å². The summed E-state index contributed by atoms with van der Waals surface area (Å²) in [6, 6.07) is 7.90. The number of para-hydroxylation sites is 1. The molecule has 1 N–H and O–H groups in total. The highest BCUT2D eigenvalue weighted by Gasteiger charge is 2.11. The zero-order chi connectivity index (χ0) is 14.8. The number of nitrogens with one attached hydrogen (secondary N) is 1. The van der Waals surface area contributed by atoms with Crippen LogP contribution >= 0.6 is 0 Å². The largest absolute Gasteiger partial charge is 0.421 e. The van der Waals surface area contributed by atoms with Crippen LogP contribution in [-0.4, -0.2) is 20.0 Å². The first-order chi connectivity index (χ1) is 10.1. The molecular formula is C15H17N5O. The molecule has 2 heterocycles. The molecule has 2 aromatic heterocycles. The van der Waals surface area contributed by atoms with E-state index in [-0.39, 0.29) is 0 Å². The van der Waals surface area contributed by atoms with Gasteiger partial charge >= 0.3 is 0 Å². The molecule has 0 bridgehead atoms. The Morgan fingerprint density at radius 1 is 1.19 bits per heavy atom. The maximum Gasteiger partial charge on any atom is 0.249 e. The van der Waals surface area contributed by atoms with E-state index in [1.807, 2.05) is 42.2 Å². The highest BCUT2D eigenvalue weighted by atomic mass is 16.4. The number of aromatic nitrogens is 4. The predicted octanol–water partition coefficient (Wildman–Crippen LogP) is 2.70. The van der Waals surface area contributed by atoms with Crippen LogP contribution in [-0.2, 0) is 13.6 Å². The number of benzene rings is 1. The standard InChI is InChI=1S/C15H17N5O/c1-10-12(9-17-20(10)3)8-16-14-7-5-4-6-13(14)15-19-18-11(2)21-15/h4-7,9,16H,8H2,1-3H3.